The van der Waals surface area contributed by atoms with Gasteiger partial charge in [-0.2, -0.15) is 0 Å². The number of carbonyl (C=O) groups excluding carboxylic acids is 1. The van der Waals surface area contributed by atoms with Gasteiger partial charge in [-0.15, -0.1) is 0 Å². The van der Waals surface area contributed by atoms with Crippen molar-refractivity contribution in [3.63, 3.8) is 0 Å². The topological polar surface area (TPSA) is 35.5 Å². The summed E-state index contributed by atoms with van der Waals surface area (Å²) < 4.78 is 11.0. The van der Waals surface area contributed by atoms with Crippen LogP contribution in [0.5, 0.6) is 5.75 Å². The molecule has 0 aromatic heterocycles. The number of hydrogen-bond acceptors (Lipinski definition) is 3. The summed E-state index contributed by atoms with van der Waals surface area (Å²) in [5.41, 5.74) is 1.56. The molecule has 1 aromatic carbocycles. The Morgan fingerprint density at radius 1 is 1.53 bits per heavy atom. The van der Waals surface area contributed by atoms with E-state index in [4.69, 9.17) is 9.47 Å². The molecule has 0 radical (unpaired) electrons. The summed E-state index contributed by atoms with van der Waals surface area (Å²) in [6.07, 6.45) is 2.54. The molecule has 15 heavy (non-hydrogen) atoms. The van der Waals surface area contributed by atoms with Crippen molar-refractivity contribution in [3.05, 3.63) is 29.3 Å². The van der Waals surface area contributed by atoms with Crippen LogP contribution in [0.4, 0.5) is 0 Å². The molecule has 1 unspecified atom stereocenters. The molecular formula is C12H14O3. The lowest BCUT2D eigenvalue weighted by molar-refractivity contribution is -0.0396. The Kier molecular flexibility index (Phi) is 3.02. The molecule has 0 saturated carbocycles. The van der Waals surface area contributed by atoms with Gasteiger partial charge in [0.1, 0.15) is 5.75 Å². The van der Waals surface area contributed by atoms with E-state index >= 15 is 0 Å². The van der Waals surface area contributed by atoms with E-state index in [0.29, 0.717) is 11.3 Å². The average Bonchev–Trinajstić information content (AvgIpc) is 2.74. The summed E-state index contributed by atoms with van der Waals surface area (Å²) in [6.45, 7) is 2.67. The van der Waals surface area contributed by atoms with Crippen LogP contribution in [0.15, 0.2) is 18.2 Å². The molecule has 3 nitrogen and oxygen atoms in total. The van der Waals surface area contributed by atoms with Crippen molar-refractivity contribution in [2.75, 3.05) is 6.61 Å². The van der Waals surface area contributed by atoms with E-state index in [9.17, 15) is 4.79 Å². The maximum absolute atomic E-state index is 10.8. The SMILES string of the molecule is Cc1cccc(C=O)c1OC1CCCO1. The molecule has 1 fully saturated rings. The molecule has 1 heterocycles. The highest BCUT2D eigenvalue weighted by Gasteiger charge is 2.19. The smallest absolute Gasteiger partial charge is 0.199 e. The molecule has 1 saturated heterocycles. The monoisotopic (exact) mass is 206 g/mol. The molecule has 1 aliphatic heterocycles. The van der Waals surface area contributed by atoms with Crippen LogP contribution in [0.25, 0.3) is 0 Å². The Labute approximate surface area is 89.0 Å². The highest BCUT2D eigenvalue weighted by molar-refractivity contribution is 5.80. The average molecular weight is 206 g/mol. The summed E-state index contributed by atoms with van der Waals surface area (Å²) in [7, 11) is 0. The van der Waals surface area contributed by atoms with Crippen molar-refractivity contribution in [2.45, 2.75) is 26.1 Å². The first kappa shape index (κ1) is 10.2. The van der Waals surface area contributed by atoms with Crippen LogP contribution in [0.3, 0.4) is 0 Å². The van der Waals surface area contributed by atoms with E-state index < -0.39 is 0 Å². The van der Waals surface area contributed by atoms with Gasteiger partial charge in [0.15, 0.2) is 12.6 Å². The Morgan fingerprint density at radius 2 is 2.40 bits per heavy atom. The molecule has 0 amide bonds. The maximum atomic E-state index is 10.8. The van der Waals surface area contributed by atoms with Crippen LogP contribution in [0.1, 0.15) is 28.8 Å². The van der Waals surface area contributed by atoms with Gasteiger partial charge in [-0.3, -0.25) is 4.79 Å². The summed E-state index contributed by atoms with van der Waals surface area (Å²) in [5, 5.41) is 0. The van der Waals surface area contributed by atoms with Gasteiger partial charge < -0.3 is 9.47 Å². The number of benzene rings is 1. The molecule has 0 N–H and O–H groups in total. The molecule has 0 bridgehead atoms. The molecule has 1 aliphatic rings. The fraction of sp³-hybridized carbons (Fsp3) is 0.417. The summed E-state index contributed by atoms with van der Waals surface area (Å²) in [5.74, 6) is 0.652. The van der Waals surface area contributed by atoms with E-state index in [0.717, 1.165) is 31.3 Å². The third-order valence-corrected chi connectivity index (χ3v) is 2.51. The largest absolute Gasteiger partial charge is 0.464 e. The highest BCUT2D eigenvalue weighted by Crippen LogP contribution is 2.25. The molecule has 0 spiro atoms. The summed E-state index contributed by atoms with van der Waals surface area (Å²) in [4.78, 5) is 10.8. The Hall–Kier alpha value is -1.35. The normalized spacial score (nSPS) is 20.2. The third kappa shape index (κ3) is 2.18. The summed E-state index contributed by atoms with van der Waals surface area (Å²) >= 11 is 0. The quantitative estimate of drug-likeness (QED) is 0.712. The first-order valence-electron chi connectivity index (χ1n) is 5.14. The van der Waals surface area contributed by atoms with Crippen molar-refractivity contribution in [1.82, 2.24) is 0 Å². The number of carbonyl (C=O) groups is 1. The predicted molar refractivity (Wildman–Crippen MR) is 56.2 cm³/mol. The number of para-hydroxylation sites is 1. The second-order valence-corrected chi connectivity index (χ2v) is 3.67. The lowest BCUT2D eigenvalue weighted by Gasteiger charge is -2.16. The third-order valence-electron chi connectivity index (χ3n) is 2.51. The number of aryl methyl sites for hydroxylation is 1. The second-order valence-electron chi connectivity index (χ2n) is 3.67. The second kappa shape index (κ2) is 4.45. The van der Waals surface area contributed by atoms with Crippen LogP contribution >= 0.6 is 0 Å². The van der Waals surface area contributed by atoms with Crippen LogP contribution in [-0.4, -0.2) is 19.2 Å². The van der Waals surface area contributed by atoms with Crippen molar-refractivity contribution >= 4 is 6.29 Å². The number of rotatable bonds is 3. The zero-order valence-electron chi connectivity index (χ0n) is 8.73. The minimum Gasteiger partial charge on any atom is -0.464 e. The molecular weight excluding hydrogens is 192 g/mol. The van der Waals surface area contributed by atoms with Gasteiger partial charge in [-0.1, -0.05) is 12.1 Å². The zero-order valence-corrected chi connectivity index (χ0v) is 8.73. The van der Waals surface area contributed by atoms with Crippen LogP contribution in [0, 0.1) is 6.92 Å². The van der Waals surface area contributed by atoms with E-state index in [2.05, 4.69) is 0 Å². The fourth-order valence-electron chi connectivity index (χ4n) is 1.70. The van der Waals surface area contributed by atoms with Crippen molar-refractivity contribution in [2.24, 2.45) is 0 Å². The van der Waals surface area contributed by atoms with E-state index in [1.165, 1.54) is 0 Å². The van der Waals surface area contributed by atoms with Crippen molar-refractivity contribution in [1.29, 1.82) is 0 Å². The van der Waals surface area contributed by atoms with Crippen LogP contribution in [-0.2, 0) is 4.74 Å². The number of ether oxygens (including phenoxy) is 2. The Bertz CT molecular complexity index is 354. The van der Waals surface area contributed by atoms with Gasteiger partial charge in [0.2, 0.25) is 0 Å². The molecule has 3 heteroatoms. The Morgan fingerprint density at radius 3 is 3.07 bits per heavy atom. The number of hydrogen-bond donors (Lipinski definition) is 0. The zero-order chi connectivity index (χ0) is 10.7. The van der Waals surface area contributed by atoms with E-state index in [-0.39, 0.29) is 6.29 Å². The Balaban J connectivity index is 2.21. The minimum atomic E-state index is -0.190. The highest BCUT2D eigenvalue weighted by atomic mass is 16.7. The molecule has 1 atom stereocenters. The van der Waals surface area contributed by atoms with Gasteiger partial charge in [-0.25, -0.2) is 0 Å². The number of aldehydes is 1. The molecule has 80 valence electrons. The van der Waals surface area contributed by atoms with E-state index in [1.807, 2.05) is 19.1 Å². The van der Waals surface area contributed by atoms with Gasteiger partial charge in [0.25, 0.3) is 0 Å². The molecule has 1 aromatic rings. The first-order chi connectivity index (χ1) is 7.31. The van der Waals surface area contributed by atoms with Gasteiger partial charge in [-0.05, 0) is 25.0 Å². The van der Waals surface area contributed by atoms with Crippen LogP contribution in [0.2, 0.25) is 0 Å². The van der Waals surface area contributed by atoms with Crippen molar-refractivity contribution < 1.29 is 14.3 Å². The first-order valence-corrected chi connectivity index (χ1v) is 5.14. The maximum Gasteiger partial charge on any atom is 0.199 e. The molecule has 2 rings (SSSR count). The van der Waals surface area contributed by atoms with Crippen LogP contribution < -0.4 is 4.74 Å². The minimum absolute atomic E-state index is 0.190. The molecule has 0 aliphatic carbocycles. The van der Waals surface area contributed by atoms with Gasteiger partial charge in [0.05, 0.1) is 12.2 Å². The van der Waals surface area contributed by atoms with Crippen molar-refractivity contribution in [3.8, 4) is 5.75 Å². The standard InChI is InChI=1S/C12H14O3/c1-9-4-2-5-10(8-13)12(9)15-11-6-3-7-14-11/h2,4-5,8,11H,3,6-7H2,1H3. The van der Waals surface area contributed by atoms with Gasteiger partial charge in [0, 0.05) is 6.42 Å². The summed E-state index contributed by atoms with van der Waals surface area (Å²) in [6, 6.07) is 5.53. The lowest BCUT2D eigenvalue weighted by Crippen LogP contribution is -2.15. The van der Waals surface area contributed by atoms with Gasteiger partial charge >= 0.3 is 0 Å². The predicted octanol–water partition coefficient (Wildman–Crippen LogP) is 2.32. The van der Waals surface area contributed by atoms with E-state index in [1.54, 1.807) is 6.07 Å². The fourth-order valence-corrected chi connectivity index (χ4v) is 1.70. The lowest BCUT2D eigenvalue weighted by atomic mass is 10.1.